The van der Waals surface area contributed by atoms with Crippen LogP contribution < -0.4 is 14.8 Å². The van der Waals surface area contributed by atoms with E-state index >= 15 is 0 Å². The Morgan fingerprint density at radius 3 is 2.19 bits per heavy atom. The lowest BCUT2D eigenvalue weighted by Crippen LogP contribution is -2.14. The van der Waals surface area contributed by atoms with Crippen LogP contribution in [-0.2, 0) is 10.0 Å². The highest BCUT2D eigenvalue weighted by Crippen LogP contribution is 2.26. The van der Waals surface area contributed by atoms with E-state index in [0.717, 1.165) is 10.8 Å². The van der Waals surface area contributed by atoms with Crippen LogP contribution in [0.4, 0.5) is 11.4 Å². The first-order valence-electron chi connectivity index (χ1n) is 9.52. The third-order valence-electron chi connectivity index (χ3n) is 4.81. The highest BCUT2D eigenvalue weighted by Gasteiger charge is 2.16. The number of carbonyl (C=O) groups excluding carboxylic acids is 1. The molecule has 7 heteroatoms. The molecule has 2 N–H and O–H groups in total. The van der Waals surface area contributed by atoms with Crippen molar-refractivity contribution in [2.24, 2.45) is 0 Å². The van der Waals surface area contributed by atoms with Gasteiger partial charge in [0.2, 0.25) is 0 Å². The number of rotatable bonds is 6. The summed E-state index contributed by atoms with van der Waals surface area (Å²) < 4.78 is 33.4. The largest absolute Gasteiger partial charge is 0.497 e. The summed E-state index contributed by atoms with van der Waals surface area (Å²) in [7, 11) is -2.23. The van der Waals surface area contributed by atoms with Gasteiger partial charge in [0.15, 0.2) is 0 Å². The molecule has 0 radical (unpaired) electrons. The average molecular weight is 433 g/mol. The predicted octanol–water partition coefficient (Wildman–Crippen LogP) is 4.90. The van der Waals surface area contributed by atoms with Crippen LogP contribution in [0, 0.1) is 0 Å². The lowest BCUT2D eigenvalue weighted by Gasteiger charge is -2.12. The van der Waals surface area contributed by atoms with Gasteiger partial charge in [-0.05, 0) is 60.0 Å². The molecular formula is C24H20N2O4S. The van der Waals surface area contributed by atoms with Crippen LogP contribution in [0.2, 0.25) is 0 Å². The zero-order valence-electron chi connectivity index (χ0n) is 16.7. The van der Waals surface area contributed by atoms with E-state index in [1.165, 1.54) is 12.1 Å². The molecule has 156 valence electrons. The Balaban J connectivity index is 1.50. The minimum atomic E-state index is -3.79. The van der Waals surface area contributed by atoms with E-state index in [4.69, 9.17) is 4.74 Å². The van der Waals surface area contributed by atoms with E-state index in [1.54, 1.807) is 55.6 Å². The molecule has 0 saturated carbocycles. The number of ether oxygens (including phenoxy) is 1. The summed E-state index contributed by atoms with van der Waals surface area (Å²) in [5.74, 6) is 0.358. The van der Waals surface area contributed by atoms with Crippen molar-refractivity contribution in [2.45, 2.75) is 4.90 Å². The van der Waals surface area contributed by atoms with Crippen LogP contribution in [-0.4, -0.2) is 21.4 Å². The molecule has 6 nitrogen and oxygen atoms in total. The number of nitrogens with one attached hydrogen (secondary N) is 2. The Hall–Kier alpha value is -3.84. The standard InChI is InChI=1S/C24H20N2O4S/c1-30-20-13-9-18(10-14-20)24(27)25-19-11-15-21(16-12-19)31(28,29)26-23-8-4-6-17-5-2-3-7-22(17)23/h2-16,26H,1H3,(H,25,27). The number of carbonyl (C=O) groups is 1. The van der Waals surface area contributed by atoms with Crippen molar-refractivity contribution in [1.29, 1.82) is 0 Å². The summed E-state index contributed by atoms with van der Waals surface area (Å²) >= 11 is 0. The van der Waals surface area contributed by atoms with Gasteiger partial charge in [0.1, 0.15) is 5.75 Å². The second-order valence-corrected chi connectivity index (χ2v) is 8.52. The minimum absolute atomic E-state index is 0.0999. The van der Waals surface area contributed by atoms with Crippen molar-refractivity contribution in [2.75, 3.05) is 17.1 Å². The first-order chi connectivity index (χ1) is 15.0. The zero-order valence-corrected chi connectivity index (χ0v) is 17.5. The van der Waals surface area contributed by atoms with Gasteiger partial charge in [-0.1, -0.05) is 36.4 Å². The molecule has 31 heavy (non-hydrogen) atoms. The maximum absolute atomic E-state index is 12.9. The maximum Gasteiger partial charge on any atom is 0.261 e. The molecule has 0 fully saturated rings. The van der Waals surface area contributed by atoms with Crippen LogP contribution in [0.5, 0.6) is 5.75 Å². The van der Waals surface area contributed by atoms with Crippen molar-refractivity contribution in [3.05, 3.63) is 96.6 Å². The molecule has 0 heterocycles. The first-order valence-corrected chi connectivity index (χ1v) is 11.0. The second kappa shape index (κ2) is 8.49. The van der Waals surface area contributed by atoms with Crippen LogP contribution in [0.25, 0.3) is 10.8 Å². The number of hydrogen-bond donors (Lipinski definition) is 2. The van der Waals surface area contributed by atoms with Gasteiger partial charge in [0, 0.05) is 16.6 Å². The summed E-state index contributed by atoms with van der Waals surface area (Å²) in [6, 6.07) is 25.7. The van der Waals surface area contributed by atoms with Crippen LogP contribution in [0.1, 0.15) is 10.4 Å². The number of anilines is 2. The normalized spacial score (nSPS) is 11.1. The van der Waals surface area contributed by atoms with Crippen molar-refractivity contribution in [1.82, 2.24) is 0 Å². The maximum atomic E-state index is 12.9. The van der Waals surface area contributed by atoms with Gasteiger partial charge in [-0.2, -0.15) is 0 Å². The number of hydrogen-bond acceptors (Lipinski definition) is 4. The van der Waals surface area contributed by atoms with Gasteiger partial charge in [-0.15, -0.1) is 0 Å². The van der Waals surface area contributed by atoms with E-state index < -0.39 is 10.0 Å². The number of methoxy groups -OCH3 is 1. The van der Waals surface area contributed by atoms with Crippen molar-refractivity contribution in [3.63, 3.8) is 0 Å². The van der Waals surface area contributed by atoms with Crippen LogP contribution in [0.3, 0.4) is 0 Å². The molecule has 1 amide bonds. The molecule has 0 aliphatic rings. The summed E-state index contributed by atoms with van der Waals surface area (Å²) in [6.07, 6.45) is 0. The molecule has 0 aromatic heterocycles. The minimum Gasteiger partial charge on any atom is -0.497 e. The lowest BCUT2D eigenvalue weighted by atomic mass is 10.1. The van der Waals surface area contributed by atoms with Gasteiger partial charge >= 0.3 is 0 Å². The molecule has 0 bridgehead atoms. The van der Waals surface area contributed by atoms with E-state index in [2.05, 4.69) is 10.0 Å². The molecule has 4 aromatic rings. The summed E-state index contributed by atoms with van der Waals surface area (Å²) in [5.41, 5.74) is 1.47. The monoisotopic (exact) mass is 432 g/mol. The second-order valence-electron chi connectivity index (χ2n) is 6.84. The van der Waals surface area contributed by atoms with E-state index in [-0.39, 0.29) is 10.8 Å². The number of sulfonamides is 1. The fourth-order valence-electron chi connectivity index (χ4n) is 3.18. The topological polar surface area (TPSA) is 84.5 Å². The van der Waals surface area contributed by atoms with Crippen molar-refractivity contribution >= 4 is 38.1 Å². The van der Waals surface area contributed by atoms with E-state index in [0.29, 0.717) is 22.7 Å². The number of amides is 1. The molecular weight excluding hydrogens is 412 g/mol. The van der Waals surface area contributed by atoms with Crippen molar-refractivity contribution in [3.8, 4) is 5.75 Å². The molecule has 4 aromatic carbocycles. The third-order valence-corrected chi connectivity index (χ3v) is 6.19. The Labute approximate surface area is 180 Å². The van der Waals surface area contributed by atoms with E-state index in [9.17, 15) is 13.2 Å². The lowest BCUT2D eigenvalue weighted by molar-refractivity contribution is 0.102. The molecule has 0 aliphatic heterocycles. The molecule has 0 atom stereocenters. The van der Waals surface area contributed by atoms with Gasteiger partial charge in [0.25, 0.3) is 15.9 Å². The Kier molecular flexibility index (Phi) is 5.60. The molecule has 4 rings (SSSR count). The quantitative estimate of drug-likeness (QED) is 0.454. The fraction of sp³-hybridized carbons (Fsp3) is 0.0417. The first kappa shape index (κ1) is 20.4. The Bertz CT molecular complexity index is 1330. The summed E-state index contributed by atoms with van der Waals surface area (Å²) in [4.78, 5) is 12.5. The van der Waals surface area contributed by atoms with E-state index in [1.807, 2.05) is 30.3 Å². The fourth-order valence-corrected chi connectivity index (χ4v) is 4.26. The third kappa shape index (κ3) is 4.51. The number of benzene rings is 4. The summed E-state index contributed by atoms with van der Waals surface area (Å²) in [6.45, 7) is 0. The predicted molar refractivity (Wildman–Crippen MR) is 122 cm³/mol. The van der Waals surface area contributed by atoms with Gasteiger partial charge in [0.05, 0.1) is 17.7 Å². The van der Waals surface area contributed by atoms with Crippen LogP contribution in [0.15, 0.2) is 95.9 Å². The Morgan fingerprint density at radius 1 is 0.806 bits per heavy atom. The highest BCUT2D eigenvalue weighted by molar-refractivity contribution is 7.92. The molecule has 0 aliphatic carbocycles. The van der Waals surface area contributed by atoms with Gasteiger partial charge < -0.3 is 10.1 Å². The van der Waals surface area contributed by atoms with Crippen LogP contribution >= 0.6 is 0 Å². The summed E-state index contributed by atoms with van der Waals surface area (Å²) in [5, 5.41) is 4.51. The average Bonchev–Trinajstić information content (AvgIpc) is 2.79. The van der Waals surface area contributed by atoms with Gasteiger partial charge in [-0.25, -0.2) is 8.42 Å². The van der Waals surface area contributed by atoms with Crippen molar-refractivity contribution < 1.29 is 17.9 Å². The molecule has 0 spiro atoms. The molecule has 0 saturated heterocycles. The molecule has 0 unspecified atom stereocenters. The zero-order chi connectivity index (χ0) is 21.8. The smallest absolute Gasteiger partial charge is 0.261 e. The SMILES string of the molecule is COc1ccc(C(=O)Nc2ccc(S(=O)(=O)Nc3cccc4ccccc34)cc2)cc1. The van der Waals surface area contributed by atoms with Gasteiger partial charge in [-0.3, -0.25) is 9.52 Å². The highest BCUT2D eigenvalue weighted by atomic mass is 32.2. The number of fused-ring (bicyclic) bond motifs is 1. The Morgan fingerprint density at radius 2 is 1.48 bits per heavy atom.